The van der Waals surface area contributed by atoms with E-state index in [4.69, 9.17) is 4.74 Å². The Kier molecular flexibility index (Phi) is 1.73. The molecule has 0 spiro atoms. The molecule has 0 fully saturated rings. The lowest BCUT2D eigenvalue weighted by molar-refractivity contribution is -0.0548. The molecule has 0 saturated carbocycles. The summed E-state index contributed by atoms with van der Waals surface area (Å²) in [5, 5.41) is 3.17. The van der Waals surface area contributed by atoms with Gasteiger partial charge in [0.2, 0.25) is 0 Å². The van der Waals surface area contributed by atoms with Gasteiger partial charge in [0.25, 0.3) is 0 Å². The first kappa shape index (κ1) is 7.61. The molecule has 1 atom stereocenters. The average molecular weight is 141 g/mol. The summed E-state index contributed by atoms with van der Waals surface area (Å²) in [6, 6.07) is 0. The summed E-state index contributed by atoms with van der Waals surface area (Å²) in [7, 11) is 0. The van der Waals surface area contributed by atoms with E-state index >= 15 is 0 Å². The molecule has 1 rings (SSSR count). The zero-order chi connectivity index (χ0) is 7.78. The van der Waals surface area contributed by atoms with Crippen molar-refractivity contribution in [3.8, 4) is 0 Å². The fraction of sp³-hybridized carbons (Fsp3) is 0.750. The first-order chi connectivity index (χ1) is 4.49. The van der Waals surface area contributed by atoms with Gasteiger partial charge in [-0.3, -0.25) is 0 Å². The van der Waals surface area contributed by atoms with Crippen LogP contribution < -0.4 is 5.32 Å². The maximum atomic E-state index is 5.56. The Hall–Kier alpha value is -0.500. The maximum absolute atomic E-state index is 5.56. The predicted octanol–water partition coefficient (Wildman–Crippen LogP) is 1.63. The lowest BCUT2D eigenvalue weighted by Crippen LogP contribution is -2.41. The van der Waals surface area contributed by atoms with E-state index in [0.717, 1.165) is 0 Å². The summed E-state index contributed by atoms with van der Waals surface area (Å²) < 4.78 is 5.56. The highest BCUT2D eigenvalue weighted by molar-refractivity contribution is 5.08. The number of ether oxygens (including phenoxy) is 1. The van der Waals surface area contributed by atoms with Crippen LogP contribution in [0.25, 0.3) is 0 Å². The number of rotatable bonds is 0. The monoisotopic (exact) mass is 141 g/mol. The van der Waals surface area contributed by atoms with E-state index in [2.05, 4.69) is 32.2 Å². The molecule has 10 heavy (non-hydrogen) atoms. The molecule has 0 aliphatic carbocycles. The molecule has 0 saturated heterocycles. The molecule has 2 heteroatoms. The van der Waals surface area contributed by atoms with Crippen LogP contribution in [0.2, 0.25) is 0 Å². The van der Waals surface area contributed by atoms with E-state index < -0.39 is 0 Å². The van der Waals surface area contributed by atoms with E-state index in [1.54, 1.807) is 0 Å². The fourth-order valence-electron chi connectivity index (χ4n) is 1.40. The van der Waals surface area contributed by atoms with Gasteiger partial charge >= 0.3 is 0 Å². The summed E-state index contributed by atoms with van der Waals surface area (Å²) in [6.45, 7) is 8.20. The van der Waals surface area contributed by atoms with Crippen molar-refractivity contribution in [3.63, 3.8) is 0 Å². The van der Waals surface area contributed by atoms with Crippen LogP contribution in [-0.4, -0.2) is 11.8 Å². The van der Waals surface area contributed by atoms with Crippen LogP contribution in [0, 0.1) is 0 Å². The first-order valence-corrected chi connectivity index (χ1v) is 3.63. The highest BCUT2D eigenvalue weighted by Gasteiger charge is 2.23. The molecule has 1 unspecified atom stereocenters. The molecule has 58 valence electrons. The van der Waals surface area contributed by atoms with Crippen molar-refractivity contribution in [3.05, 3.63) is 11.8 Å². The van der Waals surface area contributed by atoms with Gasteiger partial charge in [-0.25, -0.2) is 0 Å². The molecular formula is C8H15NO. The van der Waals surface area contributed by atoms with Crippen LogP contribution in [0.1, 0.15) is 27.7 Å². The van der Waals surface area contributed by atoms with Crippen LogP contribution in [0.5, 0.6) is 0 Å². The third-order valence-corrected chi connectivity index (χ3v) is 1.48. The third-order valence-electron chi connectivity index (χ3n) is 1.48. The van der Waals surface area contributed by atoms with E-state index in [1.165, 1.54) is 5.70 Å². The van der Waals surface area contributed by atoms with Crippen LogP contribution >= 0.6 is 0 Å². The van der Waals surface area contributed by atoms with Crippen molar-refractivity contribution >= 4 is 0 Å². The van der Waals surface area contributed by atoms with Gasteiger partial charge in [0, 0.05) is 5.70 Å². The van der Waals surface area contributed by atoms with Crippen molar-refractivity contribution in [1.82, 2.24) is 5.32 Å². The molecular weight excluding hydrogens is 126 g/mol. The summed E-state index contributed by atoms with van der Waals surface area (Å²) in [6.07, 6.45) is 2.23. The lowest BCUT2D eigenvalue weighted by Gasteiger charge is -2.33. The largest absolute Gasteiger partial charge is 0.364 e. The molecule has 0 aromatic heterocycles. The zero-order valence-corrected chi connectivity index (χ0v) is 7.06. The van der Waals surface area contributed by atoms with Crippen molar-refractivity contribution in [2.75, 3.05) is 0 Å². The second kappa shape index (κ2) is 2.27. The van der Waals surface area contributed by atoms with E-state index in [-0.39, 0.29) is 11.8 Å². The Labute approximate surface area is 62.3 Å². The van der Waals surface area contributed by atoms with Gasteiger partial charge < -0.3 is 10.1 Å². The minimum atomic E-state index is -0.102. The lowest BCUT2D eigenvalue weighted by atomic mass is 10.1. The van der Waals surface area contributed by atoms with Gasteiger partial charge in [0.15, 0.2) is 0 Å². The topological polar surface area (TPSA) is 21.3 Å². The summed E-state index contributed by atoms with van der Waals surface area (Å²) in [5.41, 5.74) is 1.10. The van der Waals surface area contributed by atoms with Crippen molar-refractivity contribution in [2.24, 2.45) is 0 Å². The number of nitrogens with one attached hydrogen (secondary N) is 1. The van der Waals surface area contributed by atoms with Gasteiger partial charge in [-0.05, 0) is 33.8 Å². The number of allylic oxidation sites excluding steroid dienone is 1. The van der Waals surface area contributed by atoms with Crippen LogP contribution in [0.3, 0.4) is 0 Å². The standard InChI is InChI=1S/C8H15NO/c1-6-5-8(3,4)10-7(2)9-6/h5,7,9H,1-4H3. The van der Waals surface area contributed by atoms with Gasteiger partial charge in [-0.2, -0.15) is 0 Å². The van der Waals surface area contributed by atoms with E-state index in [9.17, 15) is 0 Å². The van der Waals surface area contributed by atoms with Gasteiger partial charge in [-0.1, -0.05) is 0 Å². The van der Waals surface area contributed by atoms with Gasteiger partial charge in [-0.15, -0.1) is 0 Å². The molecule has 0 aromatic carbocycles. The Morgan fingerprint density at radius 2 is 2.20 bits per heavy atom. The quantitative estimate of drug-likeness (QED) is 0.553. The van der Waals surface area contributed by atoms with Gasteiger partial charge in [0.1, 0.15) is 6.23 Å². The molecule has 1 N–H and O–H groups in total. The number of hydrogen-bond donors (Lipinski definition) is 1. The molecule has 1 heterocycles. The predicted molar refractivity (Wildman–Crippen MR) is 41.5 cm³/mol. The van der Waals surface area contributed by atoms with Crippen LogP contribution in [0.4, 0.5) is 0 Å². The molecule has 0 aromatic rings. The van der Waals surface area contributed by atoms with E-state index in [0.29, 0.717) is 0 Å². The molecule has 1 aliphatic rings. The smallest absolute Gasteiger partial charge is 0.125 e. The Balaban J connectivity index is 2.74. The summed E-state index contributed by atoms with van der Waals surface area (Å²) >= 11 is 0. The fourth-order valence-corrected chi connectivity index (χ4v) is 1.40. The van der Waals surface area contributed by atoms with Crippen molar-refractivity contribution < 1.29 is 4.74 Å². The molecule has 1 aliphatic heterocycles. The molecule has 2 nitrogen and oxygen atoms in total. The SMILES string of the molecule is CC1=CC(C)(C)OC(C)N1. The van der Waals surface area contributed by atoms with Crippen molar-refractivity contribution in [2.45, 2.75) is 39.5 Å². The zero-order valence-electron chi connectivity index (χ0n) is 7.06. The van der Waals surface area contributed by atoms with E-state index in [1.807, 2.05) is 6.92 Å². The Morgan fingerprint density at radius 1 is 1.60 bits per heavy atom. The Morgan fingerprint density at radius 3 is 2.60 bits per heavy atom. The summed E-state index contributed by atoms with van der Waals surface area (Å²) in [5.74, 6) is 0. The second-order valence-corrected chi connectivity index (χ2v) is 3.34. The molecule has 0 radical (unpaired) electrons. The maximum Gasteiger partial charge on any atom is 0.125 e. The third kappa shape index (κ3) is 1.74. The molecule has 0 amide bonds. The average Bonchev–Trinajstić information content (AvgIpc) is 1.54. The second-order valence-electron chi connectivity index (χ2n) is 3.34. The normalized spacial score (nSPS) is 30.8. The first-order valence-electron chi connectivity index (χ1n) is 3.63. The minimum Gasteiger partial charge on any atom is -0.364 e. The summed E-state index contributed by atoms with van der Waals surface area (Å²) in [4.78, 5) is 0. The highest BCUT2D eigenvalue weighted by atomic mass is 16.5. The minimum absolute atomic E-state index is 0.102. The highest BCUT2D eigenvalue weighted by Crippen LogP contribution is 2.19. The Bertz CT molecular complexity index is 161. The van der Waals surface area contributed by atoms with Crippen LogP contribution in [0.15, 0.2) is 11.8 Å². The molecule has 0 bridgehead atoms. The van der Waals surface area contributed by atoms with Crippen LogP contribution in [-0.2, 0) is 4.74 Å². The van der Waals surface area contributed by atoms with Crippen molar-refractivity contribution in [1.29, 1.82) is 0 Å². The van der Waals surface area contributed by atoms with Gasteiger partial charge in [0.05, 0.1) is 5.60 Å². The number of hydrogen-bond acceptors (Lipinski definition) is 2.